The molecular weight excluding hydrogens is 290 g/mol. The molecule has 1 aromatic carbocycles. The van der Waals surface area contributed by atoms with E-state index in [1.807, 2.05) is 6.07 Å². The van der Waals surface area contributed by atoms with Crippen LogP contribution in [0.25, 0.3) is 0 Å². The maximum Gasteiger partial charge on any atom is 0.341 e. The fraction of sp³-hybridized carbons (Fsp3) is 0.467. The van der Waals surface area contributed by atoms with E-state index in [9.17, 15) is 9.59 Å². The largest absolute Gasteiger partial charge is 0.424 e. The van der Waals surface area contributed by atoms with E-state index in [1.165, 1.54) is 0 Å². The second-order valence-corrected chi connectivity index (χ2v) is 6.32. The molecule has 2 heterocycles. The maximum atomic E-state index is 12.1. The molecule has 112 valence electrons. The lowest BCUT2D eigenvalue weighted by atomic mass is 10.1. The highest BCUT2D eigenvalue weighted by molar-refractivity contribution is 8.00. The first-order valence-electron chi connectivity index (χ1n) is 6.99. The Hall–Kier alpha value is -1.53. The van der Waals surface area contributed by atoms with Crippen molar-refractivity contribution in [1.29, 1.82) is 0 Å². The minimum atomic E-state index is -0.879. The van der Waals surface area contributed by atoms with Crippen LogP contribution in [0, 0.1) is 0 Å². The van der Waals surface area contributed by atoms with Crippen LogP contribution in [0.15, 0.2) is 30.3 Å². The Kier molecular flexibility index (Phi) is 4.17. The van der Waals surface area contributed by atoms with Crippen molar-refractivity contribution >= 4 is 23.7 Å². The quantitative estimate of drug-likeness (QED) is 0.625. The predicted molar refractivity (Wildman–Crippen MR) is 78.8 cm³/mol. The molecule has 3 rings (SSSR count). The van der Waals surface area contributed by atoms with Crippen LogP contribution in [0.1, 0.15) is 23.7 Å². The summed E-state index contributed by atoms with van der Waals surface area (Å²) in [5, 5.41) is 0.463. The van der Waals surface area contributed by atoms with Crippen molar-refractivity contribution in [2.75, 3.05) is 12.3 Å². The zero-order valence-electron chi connectivity index (χ0n) is 11.7. The number of hydrogen-bond acceptors (Lipinski definition) is 6. The van der Waals surface area contributed by atoms with Gasteiger partial charge in [-0.15, -0.1) is 11.8 Å². The summed E-state index contributed by atoms with van der Waals surface area (Å²) in [6.07, 6.45) is 0.253. The summed E-state index contributed by atoms with van der Waals surface area (Å²) in [5.41, 5.74) is 0.444. The van der Waals surface area contributed by atoms with Crippen LogP contribution in [0.5, 0.6) is 0 Å². The van der Waals surface area contributed by atoms with E-state index >= 15 is 0 Å². The molecule has 0 bridgehead atoms. The Morgan fingerprint density at radius 1 is 1.29 bits per heavy atom. The zero-order chi connectivity index (χ0) is 14.8. The molecule has 0 radical (unpaired) electrons. The maximum absolute atomic E-state index is 12.1. The van der Waals surface area contributed by atoms with Crippen LogP contribution >= 0.6 is 11.8 Å². The minimum Gasteiger partial charge on any atom is -0.424 e. The monoisotopic (exact) mass is 307 g/mol. The molecule has 0 spiro atoms. The highest BCUT2D eigenvalue weighted by Crippen LogP contribution is 2.38. The van der Waals surface area contributed by atoms with Crippen molar-refractivity contribution in [3.05, 3.63) is 35.9 Å². The summed E-state index contributed by atoms with van der Waals surface area (Å²) in [6, 6.07) is 8.46. The number of ether oxygens (including phenoxy) is 2. The van der Waals surface area contributed by atoms with Crippen molar-refractivity contribution < 1.29 is 19.1 Å². The number of carbonyl (C=O) groups is 2. The summed E-state index contributed by atoms with van der Waals surface area (Å²) < 4.78 is 10.4. The smallest absolute Gasteiger partial charge is 0.341 e. The fourth-order valence-corrected chi connectivity index (χ4v) is 3.93. The topological polar surface area (TPSA) is 55.8 Å². The summed E-state index contributed by atoms with van der Waals surface area (Å²) in [7, 11) is 0. The molecule has 3 atom stereocenters. The molecule has 0 N–H and O–H groups in total. The molecular formula is C15H17NO4S. The number of esters is 2. The number of benzene rings is 1. The highest BCUT2D eigenvalue weighted by Gasteiger charge is 2.45. The molecule has 2 saturated heterocycles. The van der Waals surface area contributed by atoms with Gasteiger partial charge in [0, 0.05) is 19.2 Å². The van der Waals surface area contributed by atoms with Crippen molar-refractivity contribution in [3.8, 4) is 0 Å². The fourth-order valence-electron chi connectivity index (χ4n) is 2.48. The van der Waals surface area contributed by atoms with E-state index in [4.69, 9.17) is 9.47 Å². The van der Waals surface area contributed by atoms with Gasteiger partial charge in [0.2, 0.25) is 6.29 Å². The molecule has 2 unspecified atom stereocenters. The molecule has 21 heavy (non-hydrogen) atoms. The second-order valence-electron chi connectivity index (χ2n) is 5.11. The lowest BCUT2D eigenvalue weighted by Gasteiger charge is -2.36. The Bertz CT molecular complexity index is 536. The number of thioether (sulfide) groups is 1. The number of fused-ring (bicyclic) bond motifs is 1. The molecule has 0 amide bonds. The summed E-state index contributed by atoms with van der Waals surface area (Å²) in [5.74, 6) is -0.0420. The lowest BCUT2D eigenvalue weighted by molar-refractivity contribution is -0.172. The first kappa shape index (κ1) is 14.4. The van der Waals surface area contributed by atoms with E-state index in [0.717, 1.165) is 18.7 Å². The molecule has 2 fully saturated rings. The third-order valence-corrected chi connectivity index (χ3v) is 5.09. The first-order valence-corrected chi connectivity index (χ1v) is 8.04. The molecule has 5 nitrogen and oxygen atoms in total. The normalized spacial score (nSPS) is 25.6. The van der Waals surface area contributed by atoms with Crippen LogP contribution in [0.4, 0.5) is 0 Å². The first-order chi connectivity index (χ1) is 10.1. The van der Waals surface area contributed by atoms with E-state index in [1.54, 1.807) is 43.0 Å². The Labute approximate surface area is 127 Å². The number of carbonyl (C=O) groups excluding carboxylic acids is 2. The van der Waals surface area contributed by atoms with Gasteiger partial charge < -0.3 is 9.47 Å². The van der Waals surface area contributed by atoms with Crippen molar-refractivity contribution in [2.45, 2.75) is 31.1 Å². The molecule has 2 aliphatic heterocycles. The van der Waals surface area contributed by atoms with Crippen LogP contribution in [-0.4, -0.2) is 46.8 Å². The zero-order valence-corrected chi connectivity index (χ0v) is 12.5. The number of hydrogen-bond donors (Lipinski definition) is 0. The van der Waals surface area contributed by atoms with Gasteiger partial charge >= 0.3 is 11.9 Å². The summed E-state index contributed by atoms with van der Waals surface area (Å²) in [4.78, 5) is 26.1. The van der Waals surface area contributed by atoms with Gasteiger partial charge in [0.15, 0.2) is 0 Å². The van der Waals surface area contributed by atoms with Gasteiger partial charge in [0.25, 0.3) is 0 Å². The van der Waals surface area contributed by atoms with Crippen LogP contribution in [0.3, 0.4) is 0 Å². The predicted octanol–water partition coefficient (Wildman–Crippen LogP) is 1.88. The Morgan fingerprint density at radius 3 is 2.67 bits per heavy atom. The van der Waals surface area contributed by atoms with Crippen LogP contribution in [-0.2, 0) is 14.3 Å². The van der Waals surface area contributed by atoms with Gasteiger partial charge in [0.05, 0.1) is 10.9 Å². The Balaban J connectivity index is 1.51. The Morgan fingerprint density at radius 2 is 2.05 bits per heavy atom. The standard InChI is InChI=1S/C15H17NO4S/c1-10(19-14(17)11-5-3-2-4-6-11)20-15(18)12-9-21-13-7-8-16(12)13/h2-6,10,12-13H,7-9H2,1H3/t10-,12?,13?/m1/s1. The molecule has 0 aliphatic carbocycles. The van der Waals surface area contributed by atoms with Gasteiger partial charge in [-0.25, -0.2) is 4.79 Å². The molecule has 1 aromatic rings. The molecule has 2 aliphatic rings. The molecule has 0 aromatic heterocycles. The third-order valence-electron chi connectivity index (χ3n) is 3.69. The van der Waals surface area contributed by atoms with Gasteiger partial charge in [0.1, 0.15) is 6.04 Å². The van der Waals surface area contributed by atoms with Gasteiger partial charge in [-0.05, 0) is 18.6 Å². The molecule has 0 saturated carbocycles. The third kappa shape index (κ3) is 3.06. The van der Waals surface area contributed by atoms with Crippen molar-refractivity contribution in [2.24, 2.45) is 0 Å². The lowest BCUT2D eigenvalue weighted by Crippen LogP contribution is -2.50. The van der Waals surface area contributed by atoms with Crippen LogP contribution in [0.2, 0.25) is 0 Å². The highest BCUT2D eigenvalue weighted by atomic mass is 32.2. The summed E-state index contributed by atoms with van der Waals surface area (Å²) in [6.45, 7) is 2.50. The summed E-state index contributed by atoms with van der Waals surface area (Å²) >= 11 is 1.78. The minimum absolute atomic E-state index is 0.202. The molecule has 6 heteroatoms. The van der Waals surface area contributed by atoms with Crippen molar-refractivity contribution in [3.63, 3.8) is 0 Å². The van der Waals surface area contributed by atoms with E-state index in [0.29, 0.717) is 10.9 Å². The van der Waals surface area contributed by atoms with Gasteiger partial charge in [-0.3, -0.25) is 9.69 Å². The average molecular weight is 307 g/mol. The average Bonchev–Trinajstić information content (AvgIpc) is 2.74. The SMILES string of the molecule is C[C@H](OC(=O)c1ccccc1)OC(=O)C1CSC2CCN21. The second kappa shape index (κ2) is 6.07. The number of rotatable bonds is 4. The van der Waals surface area contributed by atoms with Crippen LogP contribution < -0.4 is 0 Å². The van der Waals surface area contributed by atoms with E-state index in [2.05, 4.69) is 4.90 Å². The van der Waals surface area contributed by atoms with Gasteiger partial charge in [-0.2, -0.15) is 0 Å². The number of nitrogens with zero attached hydrogens (tertiary/aromatic N) is 1. The van der Waals surface area contributed by atoms with E-state index < -0.39 is 12.3 Å². The van der Waals surface area contributed by atoms with Gasteiger partial charge in [-0.1, -0.05) is 18.2 Å². The van der Waals surface area contributed by atoms with Crippen molar-refractivity contribution in [1.82, 2.24) is 4.90 Å². The van der Waals surface area contributed by atoms with E-state index in [-0.39, 0.29) is 12.0 Å².